The van der Waals surface area contributed by atoms with E-state index in [1.54, 1.807) is 0 Å². The van der Waals surface area contributed by atoms with E-state index in [1.807, 2.05) is 0 Å². The van der Waals surface area contributed by atoms with Crippen LogP contribution in [0.25, 0.3) is 0 Å². The maximum atomic E-state index is 10.5. The molecular formula is C20H36Ca3N4Na4O19. The SMILES string of the molecule is O.O.O.O=C([O-])CN(CCN(CC(=O)O)CC(=O)O)CC(=O)[O-].O=C([O-])CN(CCN(CC(=O)[O-])CC(=O)[O-])CC(=O)[O-].[Ca+2].[Ca+2].[CaH2].[Na+].[Na+].[NaH].[NaH]. The summed E-state index contributed by atoms with van der Waals surface area (Å²) in [5, 5.41) is 79.7. The van der Waals surface area contributed by atoms with Gasteiger partial charge in [0.05, 0.1) is 48.9 Å². The molecule has 260 valence electrons. The second kappa shape index (κ2) is 52.3. The molecule has 0 atom stereocenters. The van der Waals surface area contributed by atoms with E-state index in [4.69, 9.17) is 10.2 Å². The van der Waals surface area contributed by atoms with Crippen LogP contribution in [0.15, 0.2) is 0 Å². The van der Waals surface area contributed by atoms with Gasteiger partial charge in [0.1, 0.15) is 0 Å². The van der Waals surface area contributed by atoms with Gasteiger partial charge in [0.15, 0.2) is 0 Å². The molecule has 30 heteroatoms. The van der Waals surface area contributed by atoms with E-state index in [-0.39, 0.29) is 274 Å². The molecule has 0 unspecified atom stereocenters. The summed E-state index contributed by atoms with van der Waals surface area (Å²) in [4.78, 5) is 87.3. The topological polar surface area (TPSA) is 423 Å². The number of rotatable bonds is 22. The molecule has 8 N–H and O–H groups in total. The third kappa shape index (κ3) is 63.2. The van der Waals surface area contributed by atoms with Gasteiger partial charge in [0.2, 0.25) is 0 Å². The summed E-state index contributed by atoms with van der Waals surface area (Å²) in [7, 11) is 0. The van der Waals surface area contributed by atoms with Gasteiger partial charge in [-0.25, -0.2) is 0 Å². The van der Waals surface area contributed by atoms with Crippen LogP contribution in [-0.2, 0) is 38.4 Å². The summed E-state index contributed by atoms with van der Waals surface area (Å²) in [6, 6.07) is 0. The van der Waals surface area contributed by atoms with Crippen molar-refractivity contribution in [2.24, 2.45) is 0 Å². The first-order valence-corrected chi connectivity index (χ1v) is 10.9. The first-order valence-electron chi connectivity index (χ1n) is 10.9. The molecule has 0 saturated carbocycles. The van der Waals surface area contributed by atoms with E-state index in [0.29, 0.717) is 0 Å². The number of carbonyl (C=O) groups excluding carboxylic acids is 6. The molecule has 23 nitrogen and oxygen atoms in total. The molecule has 50 heavy (non-hydrogen) atoms. The Kier molecular flexibility index (Phi) is 89.3. The maximum absolute atomic E-state index is 10.5. The second-order valence-corrected chi connectivity index (χ2v) is 7.86. The molecule has 0 saturated heterocycles. The Morgan fingerprint density at radius 2 is 0.500 bits per heavy atom. The number of hydrogen-bond donors (Lipinski definition) is 2. The van der Waals surface area contributed by atoms with Crippen molar-refractivity contribution in [3.05, 3.63) is 0 Å². The van der Waals surface area contributed by atoms with Crippen LogP contribution in [0.5, 0.6) is 0 Å². The van der Waals surface area contributed by atoms with Crippen LogP contribution < -0.4 is 89.8 Å². The zero-order chi connectivity index (χ0) is 31.4. The third-order valence-corrected chi connectivity index (χ3v) is 4.30. The summed E-state index contributed by atoms with van der Waals surface area (Å²) < 4.78 is 0. The minimum absolute atomic E-state index is 0. The molecule has 0 aromatic heterocycles. The van der Waals surface area contributed by atoms with Crippen LogP contribution in [0.1, 0.15) is 0 Å². The molecule has 0 radical (unpaired) electrons. The van der Waals surface area contributed by atoms with Crippen molar-refractivity contribution in [3.63, 3.8) is 0 Å². The van der Waals surface area contributed by atoms with Gasteiger partial charge in [-0.3, -0.25) is 29.2 Å². The molecular weight excluding hydrogens is 812 g/mol. The number of aliphatic carboxylic acids is 8. The van der Waals surface area contributed by atoms with Crippen molar-refractivity contribution in [2.75, 3.05) is 78.5 Å². The molecule has 0 aromatic carbocycles. The molecule has 0 rings (SSSR count). The molecule has 0 aromatic rings. The second-order valence-electron chi connectivity index (χ2n) is 7.86. The monoisotopic (exact) mass is 848 g/mol. The Morgan fingerprint density at radius 1 is 0.380 bits per heavy atom. The third-order valence-electron chi connectivity index (χ3n) is 4.30. The van der Waals surface area contributed by atoms with Crippen molar-refractivity contribution in [3.8, 4) is 0 Å². The fourth-order valence-electron chi connectivity index (χ4n) is 2.90. The van der Waals surface area contributed by atoms with Gasteiger partial charge in [0, 0.05) is 65.4 Å². The van der Waals surface area contributed by atoms with E-state index in [2.05, 4.69) is 0 Å². The fraction of sp³-hybridized carbons (Fsp3) is 0.600. The van der Waals surface area contributed by atoms with E-state index < -0.39 is 100 Å². The van der Waals surface area contributed by atoms with Crippen molar-refractivity contribution < 1.29 is 155 Å². The van der Waals surface area contributed by atoms with Gasteiger partial charge in [-0.1, -0.05) is 0 Å². The van der Waals surface area contributed by atoms with Gasteiger partial charge in [0.25, 0.3) is 0 Å². The fourth-order valence-corrected chi connectivity index (χ4v) is 2.90. The molecule has 0 aliphatic rings. The molecule has 0 aliphatic heterocycles. The van der Waals surface area contributed by atoms with E-state index in [0.717, 1.165) is 19.6 Å². The number of nitrogens with zero attached hydrogens (tertiary/aromatic N) is 4. The Hall–Kier alpha value is 3.26. The Labute approximate surface area is 464 Å². The van der Waals surface area contributed by atoms with Crippen LogP contribution in [0.4, 0.5) is 0 Å². The summed E-state index contributed by atoms with van der Waals surface area (Å²) >= 11 is 0. The molecule has 0 bridgehead atoms. The van der Waals surface area contributed by atoms with Crippen LogP contribution in [0, 0.1) is 0 Å². The zero-order valence-corrected chi connectivity index (χ0v) is 34.2. The van der Waals surface area contributed by atoms with E-state index in [9.17, 15) is 69.0 Å². The average Bonchev–Trinajstić information content (AvgIpc) is 2.72. The first kappa shape index (κ1) is 85.4. The van der Waals surface area contributed by atoms with Crippen molar-refractivity contribution in [1.82, 2.24) is 19.6 Å². The summed E-state index contributed by atoms with van der Waals surface area (Å²) in [6.45, 7) is -6.00. The van der Waals surface area contributed by atoms with E-state index >= 15 is 0 Å². The predicted molar refractivity (Wildman–Crippen MR) is 156 cm³/mol. The molecule has 0 fully saturated rings. The number of carboxylic acid groups (broad SMARTS) is 8. The molecule has 0 heterocycles. The minimum atomic E-state index is -1.53. The van der Waals surface area contributed by atoms with Crippen molar-refractivity contribution in [2.45, 2.75) is 0 Å². The van der Waals surface area contributed by atoms with Gasteiger partial charge < -0.3 is 86.0 Å². The van der Waals surface area contributed by atoms with Crippen molar-refractivity contribution >= 4 is 220 Å². The van der Waals surface area contributed by atoms with Crippen LogP contribution in [-0.4, -0.2) is 345 Å². The molecule has 0 amide bonds. The Bertz CT molecular complexity index is 743. The quantitative estimate of drug-likeness (QED) is 0.0955. The summed E-state index contributed by atoms with van der Waals surface area (Å²) in [6.07, 6.45) is 0. The standard InChI is InChI=1S/2C10H16N2O8.3Ca.4Na.3H2O.4H/c2*13-7(14)3-11(4-8(15)16)1-2-12(5-9(17)18)6-10(19)20;;;;;;;;;;;;;;/h2*1-6H2,(H,13,14)(H,15,16)(H,17,18)(H,19,20);;;;;;;;3*1H2;;;;/q;;;2*+2;;;2*+1;;;;;;;/p-6. The predicted octanol–water partition coefficient (Wildman–Crippen LogP) is -23.6. The van der Waals surface area contributed by atoms with E-state index in [1.165, 1.54) is 0 Å². The molecule has 0 spiro atoms. The van der Waals surface area contributed by atoms with Gasteiger partial charge in [-0.15, -0.1) is 0 Å². The molecule has 0 aliphatic carbocycles. The van der Waals surface area contributed by atoms with Crippen molar-refractivity contribution in [1.29, 1.82) is 0 Å². The number of hydrogen-bond acceptors (Lipinski definition) is 18. The first-order chi connectivity index (χ1) is 18.4. The summed E-state index contributed by atoms with van der Waals surface area (Å²) in [5.41, 5.74) is 0. The van der Waals surface area contributed by atoms with Crippen LogP contribution in [0.3, 0.4) is 0 Å². The summed E-state index contributed by atoms with van der Waals surface area (Å²) in [5.74, 6) is -11.6. The van der Waals surface area contributed by atoms with Gasteiger partial charge in [-0.2, -0.15) is 0 Å². The Balaban J connectivity index is -0.0000000481. The normalized spacial score (nSPS) is 8.56. The van der Waals surface area contributed by atoms with Crippen LogP contribution >= 0.6 is 0 Å². The van der Waals surface area contributed by atoms with Gasteiger partial charge >= 0.3 is 243 Å². The number of carbonyl (C=O) groups is 8. The Morgan fingerprint density at radius 3 is 0.600 bits per heavy atom. The average molecular weight is 849 g/mol. The van der Waals surface area contributed by atoms with Gasteiger partial charge in [-0.05, 0) is 0 Å². The zero-order valence-electron chi connectivity index (χ0n) is 25.8. The number of carboxylic acids is 8. The van der Waals surface area contributed by atoms with Crippen LogP contribution in [0.2, 0.25) is 0 Å².